The van der Waals surface area contributed by atoms with Crippen LogP contribution < -0.4 is 5.32 Å². The highest BCUT2D eigenvalue weighted by Gasteiger charge is 2.56. The Morgan fingerprint density at radius 1 is 0.936 bits per heavy atom. The van der Waals surface area contributed by atoms with Crippen molar-refractivity contribution in [1.29, 1.82) is 0 Å². The summed E-state index contributed by atoms with van der Waals surface area (Å²) in [5, 5.41) is 3.90. The van der Waals surface area contributed by atoms with E-state index in [0.29, 0.717) is 30.7 Å². The first kappa shape index (κ1) is 32.1. The predicted octanol–water partition coefficient (Wildman–Crippen LogP) is 5.74. The summed E-state index contributed by atoms with van der Waals surface area (Å²) in [6.07, 6.45) is 0.792. The normalized spacial score (nSPS) is 21.7. The van der Waals surface area contributed by atoms with Crippen molar-refractivity contribution in [3.05, 3.63) is 130 Å². The molecule has 0 radical (unpaired) electrons. The van der Waals surface area contributed by atoms with Crippen LogP contribution in [0.25, 0.3) is 0 Å². The van der Waals surface area contributed by atoms with E-state index in [-0.39, 0.29) is 5.91 Å². The van der Waals surface area contributed by atoms with Crippen molar-refractivity contribution < 1.29 is 28.7 Å². The molecule has 6 rings (SSSR count). The van der Waals surface area contributed by atoms with Gasteiger partial charge in [0.25, 0.3) is 0 Å². The van der Waals surface area contributed by atoms with Crippen molar-refractivity contribution in [1.82, 2.24) is 15.1 Å². The van der Waals surface area contributed by atoms with Gasteiger partial charge in [-0.2, -0.15) is 0 Å². The summed E-state index contributed by atoms with van der Waals surface area (Å²) in [7, 11) is 0. The molecule has 0 unspecified atom stereocenters. The Morgan fingerprint density at radius 2 is 1.53 bits per heavy atom. The largest absolute Gasteiger partial charge is 0.451 e. The second-order valence-electron chi connectivity index (χ2n) is 12.7. The van der Waals surface area contributed by atoms with Gasteiger partial charge in [-0.3, -0.25) is 9.59 Å². The lowest BCUT2D eigenvalue weighted by Gasteiger charge is -2.51. The molecule has 2 saturated heterocycles. The summed E-state index contributed by atoms with van der Waals surface area (Å²) in [5.74, 6) is -1.18. The van der Waals surface area contributed by atoms with Crippen LogP contribution in [0.5, 0.6) is 0 Å². The Hall–Kier alpha value is -4.83. The predicted molar refractivity (Wildman–Crippen MR) is 179 cm³/mol. The third-order valence-corrected chi connectivity index (χ3v) is 9.31. The molecule has 0 bridgehead atoms. The van der Waals surface area contributed by atoms with Crippen LogP contribution in [-0.2, 0) is 30.4 Å². The molecule has 0 aromatic heterocycles. The number of rotatable bonds is 8. The summed E-state index contributed by atoms with van der Waals surface area (Å²) in [4.78, 5) is 57.2. The third-order valence-electron chi connectivity index (χ3n) is 8.12. The third kappa shape index (κ3) is 7.12. The molecule has 3 aromatic rings. The molecule has 0 spiro atoms. The molecular formula is C37H37N3O6S. The zero-order valence-corrected chi connectivity index (χ0v) is 27.3. The van der Waals surface area contributed by atoms with Gasteiger partial charge in [0.2, 0.25) is 11.8 Å². The van der Waals surface area contributed by atoms with E-state index in [1.54, 1.807) is 37.2 Å². The summed E-state index contributed by atoms with van der Waals surface area (Å²) < 4.78 is 11.6. The van der Waals surface area contributed by atoms with Crippen molar-refractivity contribution >= 4 is 35.6 Å². The topological polar surface area (TPSA) is 105 Å². The number of fused-ring (bicyclic) bond motifs is 1. The number of hydrogen-bond acceptors (Lipinski definition) is 7. The molecule has 3 amide bonds. The molecule has 10 heteroatoms. The number of benzene rings is 3. The number of amides is 3. The molecule has 9 nitrogen and oxygen atoms in total. The first-order valence-corrected chi connectivity index (χ1v) is 16.5. The maximum Gasteiger partial charge on any atom is 0.408 e. The number of carbonyl (C=O) groups excluding carboxylic acids is 4. The Morgan fingerprint density at radius 3 is 2.13 bits per heavy atom. The fourth-order valence-corrected chi connectivity index (χ4v) is 7.12. The lowest BCUT2D eigenvalue weighted by atomic mass is 9.95. The summed E-state index contributed by atoms with van der Waals surface area (Å²) in [5.41, 5.74) is 2.89. The van der Waals surface area contributed by atoms with E-state index in [1.807, 2.05) is 91.0 Å². The van der Waals surface area contributed by atoms with Crippen LogP contribution in [0.3, 0.4) is 0 Å². The zero-order chi connectivity index (χ0) is 33.1. The molecule has 0 saturated carbocycles. The number of alkyl carbamates (subject to hydrolysis) is 1. The van der Waals surface area contributed by atoms with E-state index >= 15 is 0 Å². The van der Waals surface area contributed by atoms with Crippen LogP contribution in [0.1, 0.15) is 50.0 Å². The number of hydrogen-bond donors (Lipinski definition) is 1. The van der Waals surface area contributed by atoms with Crippen LogP contribution in [0.15, 0.2) is 114 Å². The number of nitrogens with zero attached hydrogens (tertiary/aromatic N) is 2. The second-order valence-corrected chi connectivity index (χ2v) is 13.7. The van der Waals surface area contributed by atoms with Crippen molar-refractivity contribution in [2.24, 2.45) is 0 Å². The number of β-lactam (4-membered cyclic amide) rings is 1. The molecule has 2 fully saturated rings. The fourth-order valence-electron chi connectivity index (χ4n) is 5.93. The monoisotopic (exact) mass is 651 g/mol. The summed E-state index contributed by atoms with van der Waals surface area (Å²) in [6.45, 7) is 6.26. The molecule has 3 heterocycles. The lowest BCUT2D eigenvalue weighted by molar-refractivity contribution is -0.164. The second kappa shape index (κ2) is 13.5. The minimum Gasteiger partial charge on any atom is -0.451 e. The maximum atomic E-state index is 14.3. The fraction of sp³-hybridized carbons (Fsp3) is 0.297. The average molecular weight is 652 g/mol. The highest BCUT2D eigenvalue weighted by atomic mass is 32.2. The van der Waals surface area contributed by atoms with Crippen molar-refractivity contribution in [2.45, 2.75) is 62.9 Å². The molecule has 1 N–H and O–H groups in total. The van der Waals surface area contributed by atoms with Gasteiger partial charge in [-0.25, -0.2) is 9.59 Å². The van der Waals surface area contributed by atoms with Crippen molar-refractivity contribution in [3.63, 3.8) is 0 Å². The van der Waals surface area contributed by atoms with Gasteiger partial charge >= 0.3 is 12.1 Å². The van der Waals surface area contributed by atoms with Gasteiger partial charge in [0, 0.05) is 18.7 Å². The van der Waals surface area contributed by atoms with E-state index in [1.165, 1.54) is 16.7 Å². The molecule has 47 heavy (non-hydrogen) atoms. The van der Waals surface area contributed by atoms with E-state index in [2.05, 4.69) is 5.32 Å². The first-order chi connectivity index (χ1) is 22.6. The van der Waals surface area contributed by atoms with Gasteiger partial charge in [0.05, 0.1) is 0 Å². The zero-order valence-electron chi connectivity index (χ0n) is 26.5. The standard InChI is InChI=1S/C37H37N3O6S/c1-37(2,3)46-36(44)38-29-33(42)40-30(35(43)45-31(25-15-9-5-10-16-25)26-17-11-6-12-18-26)28(23-47-34(29)40)21-27-19-20-39(32(27)41)22-24-13-7-4-8-14-24/h4-18,21,23,29-31,34H,19-20,22H2,1-3H3,(H,38,44)/t29-,30-,34-/m1/s1. The number of ether oxygens (including phenoxy) is 2. The highest BCUT2D eigenvalue weighted by molar-refractivity contribution is 8.03. The van der Waals surface area contributed by atoms with E-state index < -0.39 is 47.1 Å². The smallest absolute Gasteiger partial charge is 0.408 e. The van der Waals surface area contributed by atoms with Gasteiger partial charge in [-0.15, -0.1) is 11.8 Å². The number of nitrogens with one attached hydrogen (secondary N) is 1. The molecule has 3 aliphatic heterocycles. The van der Waals surface area contributed by atoms with Crippen LogP contribution in [0.2, 0.25) is 0 Å². The molecule has 0 aliphatic carbocycles. The molecule has 3 atom stereocenters. The first-order valence-electron chi connectivity index (χ1n) is 15.6. The number of carbonyl (C=O) groups is 4. The number of esters is 1. The minimum atomic E-state index is -1.12. The minimum absolute atomic E-state index is 0.111. The van der Waals surface area contributed by atoms with E-state index in [4.69, 9.17) is 9.47 Å². The van der Waals surface area contributed by atoms with Crippen LogP contribution >= 0.6 is 11.8 Å². The lowest BCUT2D eigenvalue weighted by Crippen LogP contribution is -2.74. The Kier molecular flexibility index (Phi) is 9.22. The Balaban J connectivity index is 1.29. The van der Waals surface area contributed by atoms with Crippen LogP contribution in [0.4, 0.5) is 4.79 Å². The molecular weight excluding hydrogens is 614 g/mol. The van der Waals surface area contributed by atoms with Gasteiger partial charge < -0.3 is 24.6 Å². The van der Waals surface area contributed by atoms with Crippen molar-refractivity contribution in [3.8, 4) is 0 Å². The maximum absolute atomic E-state index is 14.3. The van der Waals surface area contributed by atoms with Gasteiger partial charge in [0.1, 0.15) is 17.0 Å². The molecule has 3 aliphatic rings. The molecule has 3 aromatic carbocycles. The SMILES string of the molecule is CC(C)(C)OC(=O)N[C@@H]1C(=O)N2[C@@H](C(=O)OC(c3ccccc3)c3ccccc3)C(C=C3CCN(Cc4ccccc4)C3=O)=CS[C@H]12. The quantitative estimate of drug-likeness (QED) is 0.188. The Bertz CT molecular complexity index is 1660. The number of likely N-dealkylation sites (tertiary alicyclic amines) is 1. The van der Waals surface area contributed by atoms with Gasteiger partial charge in [-0.1, -0.05) is 91.0 Å². The van der Waals surface area contributed by atoms with Crippen molar-refractivity contribution in [2.75, 3.05) is 6.54 Å². The van der Waals surface area contributed by atoms with E-state index in [9.17, 15) is 19.2 Å². The Labute approximate surface area is 278 Å². The summed E-state index contributed by atoms with van der Waals surface area (Å²) >= 11 is 1.31. The molecule has 242 valence electrons. The van der Waals surface area contributed by atoms with Gasteiger partial charge in [-0.05, 0) is 60.9 Å². The van der Waals surface area contributed by atoms with Gasteiger partial charge in [0.15, 0.2) is 12.1 Å². The van der Waals surface area contributed by atoms with Crippen LogP contribution in [0, 0.1) is 0 Å². The number of thioether (sulfide) groups is 1. The van der Waals surface area contributed by atoms with Crippen LogP contribution in [-0.4, -0.2) is 63.3 Å². The van der Waals surface area contributed by atoms with E-state index in [0.717, 1.165) is 16.7 Å². The average Bonchev–Trinajstić information content (AvgIpc) is 3.40. The highest BCUT2D eigenvalue weighted by Crippen LogP contribution is 2.42. The summed E-state index contributed by atoms with van der Waals surface area (Å²) in [6, 6.07) is 26.6.